The molecular weight excluding hydrogens is 291 g/mol. The van der Waals surface area contributed by atoms with E-state index in [1.165, 1.54) is 31.2 Å². The lowest BCUT2D eigenvalue weighted by molar-refractivity contribution is 0.108. The van der Waals surface area contributed by atoms with Gasteiger partial charge in [-0.05, 0) is 58.1 Å². The van der Waals surface area contributed by atoms with Crippen molar-refractivity contribution in [1.29, 1.82) is 0 Å². The maximum absolute atomic E-state index is 6.13. The van der Waals surface area contributed by atoms with E-state index in [0.29, 0.717) is 16.1 Å². The number of rotatable bonds is 5. The monoisotopic (exact) mass is 314 g/mol. The van der Waals surface area contributed by atoms with Crippen LogP contribution in [0.25, 0.3) is 0 Å². The quantitative estimate of drug-likeness (QED) is 0.883. The fourth-order valence-corrected chi connectivity index (χ4v) is 3.88. The summed E-state index contributed by atoms with van der Waals surface area (Å²) in [5, 5.41) is 4.80. The summed E-state index contributed by atoms with van der Waals surface area (Å²) in [6, 6.07) is 6.39. The van der Waals surface area contributed by atoms with Gasteiger partial charge in [0.1, 0.15) is 0 Å². The van der Waals surface area contributed by atoms with Crippen LogP contribution in [-0.2, 0) is 6.42 Å². The molecule has 4 heteroatoms. The van der Waals surface area contributed by atoms with Crippen molar-refractivity contribution in [3.05, 3.63) is 33.8 Å². The fourth-order valence-electron chi connectivity index (χ4n) is 3.56. The van der Waals surface area contributed by atoms with E-state index in [1.807, 2.05) is 12.1 Å². The highest BCUT2D eigenvalue weighted by Crippen LogP contribution is 2.38. The highest BCUT2D eigenvalue weighted by atomic mass is 35.5. The lowest BCUT2D eigenvalue weighted by atomic mass is 9.83. The van der Waals surface area contributed by atoms with Crippen molar-refractivity contribution >= 4 is 23.2 Å². The molecule has 112 valence electrons. The average molecular weight is 315 g/mol. The second-order valence-electron chi connectivity index (χ2n) is 6.00. The Balaban J connectivity index is 2.21. The van der Waals surface area contributed by atoms with Crippen LogP contribution in [0.4, 0.5) is 0 Å². The molecule has 1 atom stereocenters. The van der Waals surface area contributed by atoms with E-state index in [9.17, 15) is 0 Å². The first-order valence-corrected chi connectivity index (χ1v) is 8.04. The van der Waals surface area contributed by atoms with Crippen molar-refractivity contribution < 1.29 is 0 Å². The summed E-state index contributed by atoms with van der Waals surface area (Å²) in [4.78, 5) is 2.40. The van der Waals surface area contributed by atoms with Crippen molar-refractivity contribution in [2.45, 2.75) is 43.7 Å². The molecular formula is C16H24Cl2N2. The first-order valence-electron chi connectivity index (χ1n) is 7.28. The molecule has 1 aromatic carbocycles. The van der Waals surface area contributed by atoms with Gasteiger partial charge in [0.2, 0.25) is 0 Å². The van der Waals surface area contributed by atoms with Crippen LogP contribution in [0.1, 0.15) is 31.2 Å². The molecule has 0 spiro atoms. The lowest BCUT2D eigenvalue weighted by Crippen LogP contribution is -2.57. The van der Waals surface area contributed by atoms with Crippen LogP contribution in [0.3, 0.4) is 0 Å². The Kier molecular flexibility index (Phi) is 5.36. The molecule has 2 rings (SSSR count). The Morgan fingerprint density at radius 1 is 1.20 bits per heavy atom. The summed E-state index contributed by atoms with van der Waals surface area (Å²) in [6.45, 7) is 0. The Bertz CT molecular complexity index is 454. The Labute approximate surface area is 132 Å². The van der Waals surface area contributed by atoms with Gasteiger partial charge >= 0.3 is 0 Å². The molecule has 0 heterocycles. The molecule has 1 N–H and O–H groups in total. The van der Waals surface area contributed by atoms with Crippen LogP contribution in [-0.4, -0.2) is 37.6 Å². The first-order chi connectivity index (χ1) is 9.49. The molecule has 1 fully saturated rings. The summed E-state index contributed by atoms with van der Waals surface area (Å²) >= 11 is 12.1. The van der Waals surface area contributed by atoms with E-state index < -0.39 is 0 Å². The minimum Gasteiger partial charge on any atom is -0.315 e. The fraction of sp³-hybridized carbons (Fsp3) is 0.625. The Hall–Kier alpha value is -0.280. The zero-order chi connectivity index (χ0) is 14.8. The molecule has 0 bridgehead atoms. The van der Waals surface area contributed by atoms with E-state index in [1.54, 1.807) is 0 Å². The molecule has 1 unspecified atom stereocenters. The number of hydrogen-bond donors (Lipinski definition) is 1. The number of likely N-dealkylation sites (N-methyl/N-ethyl adjacent to an activating group) is 2. The van der Waals surface area contributed by atoms with E-state index >= 15 is 0 Å². The molecule has 1 aliphatic rings. The van der Waals surface area contributed by atoms with Gasteiger partial charge in [-0.1, -0.05) is 42.1 Å². The largest absolute Gasteiger partial charge is 0.315 e. The second kappa shape index (κ2) is 6.65. The van der Waals surface area contributed by atoms with Gasteiger partial charge in [0.05, 0.1) is 10.0 Å². The van der Waals surface area contributed by atoms with E-state index in [4.69, 9.17) is 23.2 Å². The number of halogens is 2. The van der Waals surface area contributed by atoms with Gasteiger partial charge in [0.15, 0.2) is 0 Å². The maximum Gasteiger partial charge on any atom is 0.0595 e. The highest BCUT2D eigenvalue weighted by molar-refractivity contribution is 6.42. The second-order valence-corrected chi connectivity index (χ2v) is 6.81. The van der Waals surface area contributed by atoms with Gasteiger partial charge < -0.3 is 10.2 Å². The standard InChI is InChI=1S/C16H24Cl2N2/c1-19-15(16(20(2)3)8-4-5-9-16)11-12-6-7-13(17)14(18)10-12/h6-7,10,15,19H,4-5,8-9,11H2,1-3H3. The third-order valence-electron chi connectivity index (χ3n) is 4.78. The van der Waals surface area contributed by atoms with Crippen molar-refractivity contribution in [2.75, 3.05) is 21.1 Å². The van der Waals surface area contributed by atoms with Crippen LogP contribution in [0.15, 0.2) is 18.2 Å². The maximum atomic E-state index is 6.13. The molecule has 1 aromatic rings. The average Bonchev–Trinajstić information content (AvgIpc) is 2.90. The summed E-state index contributed by atoms with van der Waals surface area (Å²) < 4.78 is 0. The Morgan fingerprint density at radius 3 is 2.35 bits per heavy atom. The van der Waals surface area contributed by atoms with Crippen molar-refractivity contribution in [3.8, 4) is 0 Å². The third kappa shape index (κ3) is 3.14. The normalized spacial score (nSPS) is 19.5. The molecule has 0 amide bonds. The van der Waals surface area contributed by atoms with Crippen LogP contribution in [0, 0.1) is 0 Å². The van der Waals surface area contributed by atoms with Crippen molar-refractivity contribution in [3.63, 3.8) is 0 Å². The number of hydrogen-bond acceptors (Lipinski definition) is 2. The van der Waals surface area contributed by atoms with E-state index in [0.717, 1.165) is 6.42 Å². The molecule has 0 saturated heterocycles. The number of benzene rings is 1. The predicted molar refractivity (Wildman–Crippen MR) is 87.9 cm³/mol. The molecule has 0 aromatic heterocycles. The van der Waals surface area contributed by atoms with Gasteiger partial charge in [0.25, 0.3) is 0 Å². The molecule has 1 aliphatic carbocycles. The highest BCUT2D eigenvalue weighted by Gasteiger charge is 2.42. The number of nitrogens with zero attached hydrogens (tertiary/aromatic N) is 1. The predicted octanol–water partition coefficient (Wildman–Crippen LogP) is 4.00. The SMILES string of the molecule is CNC(Cc1ccc(Cl)c(Cl)c1)C1(N(C)C)CCCC1. The van der Waals surface area contributed by atoms with Gasteiger partial charge in [0, 0.05) is 11.6 Å². The van der Waals surface area contributed by atoms with E-state index in [-0.39, 0.29) is 5.54 Å². The topological polar surface area (TPSA) is 15.3 Å². The smallest absolute Gasteiger partial charge is 0.0595 e. The summed E-state index contributed by atoms with van der Waals surface area (Å²) in [5.74, 6) is 0. The van der Waals surface area contributed by atoms with Crippen molar-refractivity contribution in [1.82, 2.24) is 10.2 Å². The zero-order valence-electron chi connectivity index (χ0n) is 12.5. The molecule has 0 radical (unpaired) electrons. The molecule has 1 saturated carbocycles. The minimum atomic E-state index is 0.251. The van der Waals surface area contributed by atoms with Crippen LogP contribution >= 0.6 is 23.2 Å². The summed E-state index contributed by atoms with van der Waals surface area (Å²) in [6.07, 6.45) is 6.13. The van der Waals surface area contributed by atoms with Crippen molar-refractivity contribution in [2.24, 2.45) is 0 Å². The third-order valence-corrected chi connectivity index (χ3v) is 5.52. The van der Waals surface area contributed by atoms with Gasteiger partial charge in [-0.25, -0.2) is 0 Å². The molecule has 2 nitrogen and oxygen atoms in total. The van der Waals surface area contributed by atoms with Crippen LogP contribution in [0.2, 0.25) is 10.0 Å². The van der Waals surface area contributed by atoms with Crippen LogP contribution < -0.4 is 5.32 Å². The van der Waals surface area contributed by atoms with Gasteiger partial charge in [-0.3, -0.25) is 0 Å². The number of nitrogens with one attached hydrogen (secondary N) is 1. The Morgan fingerprint density at radius 2 is 1.85 bits per heavy atom. The van der Waals surface area contributed by atoms with Crippen LogP contribution in [0.5, 0.6) is 0 Å². The molecule has 0 aliphatic heterocycles. The zero-order valence-corrected chi connectivity index (χ0v) is 14.1. The first kappa shape index (κ1) is 16.1. The summed E-state index contributed by atoms with van der Waals surface area (Å²) in [7, 11) is 6.46. The lowest BCUT2D eigenvalue weighted by Gasteiger charge is -2.43. The van der Waals surface area contributed by atoms with Gasteiger partial charge in [-0.2, -0.15) is 0 Å². The molecule has 20 heavy (non-hydrogen) atoms. The minimum absolute atomic E-state index is 0.251. The van der Waals surface area contributed by atoms with Gasteiger partial charge in [-0.15, -0.1) is 0 Å². The van der Waals surface area contributed by atoms with E-state index in [2.05, 4.69) is 37.4 Å². The summed E-state index contributed by atoms with van der Waals surface area (Å²) in [5.41, 5.74) is 1.49.